The van der Waals surface area contributed by atoms with Crippen molar-refractivity contribution in [3.05, 3.63) is 36.5 Å². The van der Waals surface area contributed by atoms with Gasteiger partial charge in [0.25, 0.3) is 0 Å². The number of amides is 2. The Labute approximate surface area is 162 Å². The summed E-state index contributed by atoms with van der Waals surface area (Å²) in [6, 6.07) is 6.15. The Kier molecular flexibility index (Phi) is 4.01. The second-order valence-corrected chi connectivity index (χ2v) is 7.66. The highest BCUT2D eigenvalue weighted by atomic mass is 16.4. The van der Waals surface area contributed by atoms with Crippen LogP contribution in [0.3, 0.4) is 0 Å². The first-order chi connectivity index (χ1) is 13.6. The lowest BCUT2D eigenvalue weighted by atomic mass is 9.99. The number of carbonyl (C=O) groups is 1. The number of aromatic nitrogens is 3. The maximum atomic E-state index is 12.9. The fourth-order valence-electron chi connectivity index (χ4n) is 4.43. The summed E-state index contributed by atoms with van der Waals surface area (Å²) in [7, 11) is 0. The minimum atomic E-state index is -0.103. The molecule has 5 heterocycles. The van der Waals surface area contributed by atoms with Crippen molar-refractivity contribution >= 4 is 22.8 Å². The first-order valence-corrected chi connectivity index (χ1v) is 9.61. The molecule has 144 valence electrons. The van der Waals surface area contributed by atoms with Crippen LogP contribution in [0.1, 0.15) is 31.6 Å². The van der Waals surface area contributed by atoms with Crippen LogP contribution >= 0.6 is 0 Å². The largest absolute Gasteiger partial charge is 0.439 e. The molecule has 2 aliphatic rings. The molecular weight excluding hydrogens is 356 g/mol. The van der Waals surface area contributed by atoms with Crippen LogP contribution in [0.15, 0.2) is 35.0 Å². The molecule has 0 spiro atoms. The molecule has 0 saturated carbocycles. The standard InChI is InChI=1S/C20H22N6O2/c1-11-22-10-18(28-11)16-5-2-12-9-23-19(8-17(12)24-16)25-20(27)26-14-3-4-15(26)7-13(21)6-14/h2,5,8-10,13-15H,3-4,6-7,21H2,1H3,(H,23,25,27)/t13-,14+,15?/m1/s1. The lowest BCUT2D eigenvalue weighted by Gasteiger charge is -2.37. The molecule has 2 aliphatic heterocycles. The van der Waals surface area contributed by atoms with E-state index >= 15 is 0 Å². The Bertz CT molecular complexity index is 1030. The van der Waals surface area contributed by atoms with E-state index in [1.54, 1.807) is 25.4 Å². The third kappa shape index (κ3) is 2.99. The third-order valence-corrected chi connectivity index (χ3v) is 5.69. The topological polar surface area (TPSA) is 110 Å². The van der Waals surface area contributed by atoms with Crippen LogP contribution in [0.25, 0.3) is 22.4 Å². The van der Waals surface area contributed by atoms with E-state index in [0.717, 1.165) is 36.6 Å². The van der Waals surface area contributed by atoms with E-state index in [1.807, 2.05) is 17.0 Å². The minimum Gasteiger partial charge on any atom is -0.439 e. The average Bonchev–Trinajstić information content (AvgIpc) is 3.22. The highest BCUT2D eigenvalue weighted by Crippen LogP contribution is 2.35. The Morgan fingerprint density at radius 3 is 2.71 bits per heavy atom. The number of fused-ring (bicyclic) bond motifs is 3. The first kappa shape index (κ1) is 17.1. The zero-order valence-electron chi connectivity index (χ0n) is 15.6. The second kappa shape index (κ2) is 6.56. The summed E-state index contributed by atoms with van der Waals surface area (Å²) >= 11 is 0. The molecule has 3 atom stereocenters. The number of hydrogen-bond acceptors (Lipinski definition) is 6. The summed E-state index contributed by atoms with van der Waals surface area (Å²) in [6.07, 6.45) is 7.17. The molecule has 3 N–H and O–H groups in total. The molecule has 0 aliphatic carbocycles. The van der Waals surface area contributed by atoms with E-state index in [2.05, 4.69) is 20.3 Å². The molecule has 8 heteroatoms. The van der Waals surface area contributed by atoms with Gasteiger partial charge in [0, 0.05) is 42.7 Å². The number of piperidine rings is 1. The van der Waals surface area contributed by atoms with Crippen LogP contribution in [0.2, 0.25) is 0 Å². The van der Waals surface area contributed by atoms with Crippen molar-refractivity contribution in [1.82, 2.24) is 19.9 Å². The normalized spacial score (nSPS) is 23.9. The zero-order valence-corrected chi connectivity index (χ0v) is 15.6. The fourth-order valence-corrected chi connectivity index (χ4v) is 4.43. The van der Waals surface area contributed by atoms with Crippen molar-refractivity contribution in [3.8, 4) is 11.5 Å². The molecule has 2 amide bonds. The van der Waals surface area contributed by atoms with Crippen molar-refractivity contribution in [2.24, 2.45) is 5.73 Å². The molecule has 5 rings (SSSR count). The number of oxazole rings is 1. The number of nitrogens with zero attached hydrogens (tertiary/aromatic N) is 4. The average molecular weight is 378 g/mol. The Morgan fingerprint density at radius 2 is 2.00 bits per heavy atom. The molecule has 1 unspecified atom stereocenters. The van der Waals surface area contributed by atoms with Gasteiger partial charge in [-0.25, -0.2) is 19.7 Å². The lowest BCUT2D eigenvalue weighted by Crippen LogP contribution is -2.51. The maximum Gasteiger partial charge on any atom is 0.323 e. The number of urea groups is 1. The number of nitrogens with one attached hydrogen (secondary N) is 1. The van der Waals surface area contributed by atoms with E-state index < -0.39 is 0 Å². The van der Waals surface area contributed by atoms with Crippen molar-refractivity contribution in [2.45, 2.75) is 50.7 Å². The molecule has 2 fully saturated rings. The maximum absolute atomic E-state index is 12.9. The molecule has 0 radical (unpaired) electrons. The van der Waals surface area contributed by atoms with E-state index in [4.69, 9.17) is 10.2 Å². The van der Waals surface area contributed by atoms with Crippen molar-refractivity contribution in [3.63, 3.8) is 0 Å². The van der Waals surface area contributed by atoms with Gasteiger partial charge in [0.2, 0.25) is 0 Å². The fraction of sp³-hybridized carbons (Fsp3) is 0.400. The van der Waals surface area contributed by atoms with Gasteiger partial charge in [-0.15, -0.1) is 0 Å². The molecule has 3 aromatic rings. The summed E-state index contributed by atoms with van der Waals surface area (Å²) in [5.74, 6) is 1.70. The summed E-state index contributed by atoms with van der Waals surface area (Å²) in [5.41, 5.74) is 7.54. The number of anilines is 1. The van der Waals surface area contributed by atoms with E-state index in [-0.39, 0.29) is 24.2 Å². The second-order valence-electron chi connectivity index (χ2n) is 7.66. The van der Waals surface area contributed by atoms with Crippen LogP contribution in [0, 0.1) is 6.92 Å². The number of aryl methyl sites for hydroxylation is 1. The smallest absolute Gasteiger partial charge is 0.323 e. The number of rotatable bonds is 2. The van der Waals surface area contributed by atoms with Gasteiger partial charge in [-0.05, 0) is 37.8 Å². The summed E-state index contributed by atoms with van der Waals surface area (Å²) in [4.78, 5) is 27.9. The van der Waals surface area contributed by atoms with E-state index in [0.29, 0.717) is 23.2 Å². The van der Waals surface area contributed by atoms with Crippen LogP contribution in [-0.4, -0.2) is 44.0 Å². The molecule has 0 aromatic carbocycles. The van der Waals surface area contributed by atoms with Crippen LogP contribution < -0.4 is 11.1 Å². The molecular formula is C20H22N6O2. The Hall–Kier alpha value is -3.00. The van der Waals surface area contributed by atoms with Gasteiger partial charge in [0.05, 0.1) is 11.7 Å². The minimum absolute atomic E-state index is 0.103. The van der Waals surface area contributed by atoms with Gasteiger partial charge in [-0.3, -0.25) is 5.32 Å². The summed E-state index contributed by atoms with van der Waals surface area (Å²) in [6.45, 7) is 1.79. The van der Waals surface area contributed by atoms with Gasteiger partial charge in [-0.1, -0.05) is 0 Å². The number of nitrogens with two attached hydrogens (primary N) is 1. The van der Waals surface area contributed by atoms with Gasteiger partial charge < -0.3 is 15.1 Å². The van der Waals surface area contributed by atoms with E-state index in [9.17, 15) is 4.79 Å². The van der Waals surface area contributed by atoms with Crippen LogP contribution in [-0.2, 0) is 0 Å². The Morgan fingerprint density at radius 1 is 1.21 bits per heavy atom. The molecule has 3 aromatic heterocycles. The summed E-state index contributed by atoms with van der Waals surface area (Å²) < 4.78 is 5.56. The van der Waals surface area contributed by atoms with Gasteiger partial charge >= 0.3 is 6.03 Å². The number of pyridine rings is 2. The van der Waals surface area contributed by atoms with Gasteiger partial charge in [0.15, 0.2) is 11.7 Å². The predicted molar refractivity (Wildman–Crippen MR) is 105 cm³/mol. The molecule has 8 nitrogen and oxygen atoms in total. The third-order valence-electron chi connectivity index (χ3n) is 5.69. The SMILES string of the molecule is Cc1ncc(-c2ccc3cnc(NC(=O)N4C5CC[C@H]4C[C@@H](N)C5)cc3n2)o1. The molecule has 2 saturated heterocycles. The van der Waals surface area contributed by atoms with E-state index in [1.165, 1.54) is 0 Å². The van der Waals surface area contributed by atoms with Gasteiger partial charge in [-0.2, -0.15) is 0 Å². The predicted octanol–water partition coefficient (Wildman–Crippen LogP) is 3.08. The molecule has 2 bridgehead atoms. The lowest BCUT2D eigenvalue weighted by molar-refractivity contribution is 0.150. The zero-order chi connectivity index (χ0) is 19.3. The number of carbonyl (C=O) groups excluding carboxylic acids is 1. The quantitative estimate of drug-likeness (QED) is 0.709. The van der Waals surface area contributed by atoms with Crippen molar-refractivity contribution in [1.29, 1.82) is 0 Å². The summed E-state index contributed by atoms with van der Waals surface area (Å²) in [5, 5.41) is 3.83. The van der Waals surface area contributed by atoms with Gasteiger partial charge in [0.1, 0.15) is 11.5 Å². The van der Waals surface area contributed by atoms with Crippen LogP contribution in [0.5, 0.6) is 0 Å². The van der Waals surface area contributed by atoms with Crippen molar-refractivity contribution < 1.29 is 9.21 Å². The first-order valence-electron chi connectivity index (χ1n) is 9.61. The van der Waals surface area contributed by atoms with Crippen molar-refractivity contribution in [2.75, 3.05) is 5.32 Å². The highest BCUT2D eigenvalue weighted by Gasteiger charge is 2.42. The number of hydrogen-bond donors (Lipinski definition) is 2. The van der Waals surface area contributed by atoms with Crippen LogP contribution in [0.4, 0.5) is 10.6 Å². The highest BCUT2D eigenvalue weighted by molar-refractivity contribution is 5.91. The molecule has 28 heavy (non-hydrogen) atoms. The Balaban J connectivity index is 1.39. The monoisotopic (exact) mass is 378 g/mol.